The first kappa shape index (κ1) is 6.85. The minimum Gasteiger partial charge on any atom is -0.310 e. The van der Waals surface area contributed by atoms with Gasteiger partial charge in [-0.3, -0.25) is 4.68 Å². The van der Waals surface area contributed by atoms with Crippen LogP contribution in [0.5, 0.6) is 0 Å². The van der Waals surface area contributed by atoms with E-state index >= 15 is 0 Å². The fourth-order valence-corrected chi connectivity index (χ4v) is 1.63. The molecule has 0 radical (unpaired) electrons. The van der Waals surface area contributed by atoms with E-state index in [0.717, 1.165) is 13.0 Å². The highest BCUT2D eigenvalue weighted by atomic mass is 15.3. The van der Waals surface area contributed by atoms with Crippen LogP contribution in [-0.4, -0.2) is 16.3 Å². The summed E-state index contributed by atoms with van der Waals surface area (Å²) in [7, 11) is 1.98. The van der Waals surface area contributed by atoms with Crippen LogP contribution in [0.1, 0.15) is 24.2 Å². The molecule has 2 rings (SSSR count). The zero-order chi connectivity index (χ0) is 7.84. The highest BCUT2D eigenvalue weighted by Crippen LogP contribution is 2.19. The maximum absolute atomic E-state index is 4.38. The van der Waals surface area contributed by atoms with Gasteiger partial charge in [0.1, 0.15) is 0 Å². The second-order valence-corrected chi connectivity index (χ2v) is 3.13. The summed E-state index contributed by atoms with van der Waals surface area (Å²) in [6.45, 7) is 3.24. The molecule has 1 aromatic rings. The van der Waals surface area contributed by atoms with Crippen molar-refractivity contribution in [2.75, 3.05) is 6.54 Å². The van der Waals surface area contributed by atoms with Gasteiger partial charge < -0.3 is 5.32 Å². The van der Waals surface area contributed by atoms with E-state index in [4.69, 9.17) is 0 Å². The first-order chi connectivity index (χ1) is 5.27. The van der Waals surface area contributed by atoms with Crippen molar-refractivity contribution in [2.45, 2.75) is 19.4 Å². The SMILES string of the molecule is CC1NCCc2nn(C)cc21. The van der Waals surface area contributed by atoms with Crippen molar-refractivity contribution in [3.05, 3.63) is 17.5 Å². The minimum absolute atomic E-state index is 0.479. The van der Waals surface area contributed by atoms with Crippen molar-refractivity contribution in [1.29, 1.82) is 0 Å². The molecule has 1 atom stereocenters. The molecule has 3 heteroatoms. The molecule has 1 aromatic heterocycles. The van der Waals surface area contributed by atoms with Crippen LogP contribution in [-0.2, 0) is 13.5 Å². The van der Waals surface area contributed by atoms with E-state index in [1.165, 1.54) is 11.3 Å². The Labute approximate surface area is 66.4 Å². The standard InChI is InChI=1S/C8H13N3/c1-6-7-5-11(2)10-8(7)3-4-9-6/h5-6,9H,3-4H2,1-2H3. The van der Waals surface area contributed by atoms with Crippen LogP contribution >= 0.6 is 0 Å². The molecule has 0 amide bonds. The molecule has 0 bridgehead atoms. The molecule has 2 heterocycles. The Kier molecular flexibility index (Phi) is 1.46. The van der Waals surface area contributed by atoms with Gasteiger partial charge in [0.25, 0.3) is 0 Å². The third kappa shape index (κ3) is 1.05. The second kappa shape index (κ2) is 2.34. The molecule has 3 nitrogen and oxygen atoms in total. The third-order valence-corrected chi connectivity index (χ3v) is 2.22. The van der Waals surface area contributed by atoms with Gasteiger partial charge in [0, 0.05) is 37.8 Å². The normalized spacial score (nSPS) is 23.3. The molecule has 0 aromatic carbocycles. The summed E-state index contributed by atoms with van der Waals surface area (Å²) in [6, 6.07) is 0.479. The predicted molar refractivity (Wildman–Crippen MR) is 43.3 cm³/mol. The highest BCUT2D eigenvalue weighted by Gasteiger charge is 2.17. The van der Waals surface area contributed by atoms with Crippen LogP contribution in [0, 0.1) is 0 Å². The Morgan fingerprint density at radius 1 is 1.73 bits per heavy atom. The van der Waals surface area contributed by atoms with Crippen LogP contribution in [0.3, 0.4) is 0 Å². The van der Waals surface area contributed by atoms with Crippen LogP contribution in [0.15, 0.2) is 6.20 Å². The van der Waals surface area contributed by atoms with Gasteiger partial charge in [-0.25, -0.2) is 0 Å². The van der Waals surface area contributed by atoms with Gasteiger partial charge in [-0.1, -0.05) is 0 Å². The number of nitrogens with zero attached hydrogens (tertiary/aromatic N) is 2. The molecule has 1 aliphatic rings. The molecular formula is C8H13N3. The largest absolute Gasteiger partial charge is 0.310 e. The maximum Gasteiger partial charge on any atom is 0.0684 e. The van der Waals surface area contributed by atoms with Gasteiger partial charge in [0.2, 0.25) is 0 Å². The summed E-state index contributed by atoms with van der Waals surface area (Å²) in [5.74, 6) is 0. The monoisotopic (exact) mass is 151 g/mol. The smallest absolute Gasteiger partial charge is 0.0684 e. The summed E-state index contributed by atoms with van der Waals surface area (Å²) in [5.41, 5.74) is 2.62. The summed E-state index contributed by atoms with van der Waals surface area (Å²) < 4.78 is 1.90. The van der Waals surface area contributed by atoms with Gasteiger partial charge >= 0.3 is 0 Å². The summed E-state index contributed by atoms with van der Waals surface area (Å²) >= 11 is 0. The number of hydrogen-bond donors (Lipinski definition) is 1. The van der Waals surface area contributed by atoms with Crippen molar-refractivity contribution in [1.82, 2.24) is 15.1 Å². The predicted octanol–water partition coefficient (Wildman–Crippen LogP) is 0.627. The quantitative estimate of drug-likeness (QED) is 0.589. The number of aryl methyl sites for hydroxylation is 1. The molecular weight excluding hydrogens is 138 g/mol. The molecule has 11 heavy (non-hydrogen) atoms. The van der Waals surface area contributed by atoms with Gasteiger partial charge in [0.05, 0.1) is 5.69 Å². The molecule has 0 spiro atoms. The number of aromatic nitrogens is 2. The lowest BCUT2D eigenvalue weighted by Gasteiger charge is -2.18. The minimum atomic E-state index is 0.479. The molecule has 1 unspecified atom stereocenters. The number of rotatable bonds is 0. The van der Waals surface area contributed by atoms with Crippen molar-refractivity contribution < 1.29 is 0 Å². The summed E-state index contributed by atoms with van der Waals surface area (Å²) in [5, 5.41) is 7.78. The van der Waals surface area contributed by atoms with E-state index in [2.05, 4.69) is 23.5 Å². The van der Waals surface area contributed by atoms with Crippen LogP contribution in [0.25, 0.3) is 0 Å². The Bertz CT molecular complexity index is 264. The lowest BCUT2D eigenvalue weighted by molar-refractivity contribution is 0.537. The van der Waals surface area contributed by atoms with Gasteiger partial charge in [0.15, 0.2) is 0 Å². The van der Waals surface area contributed by atoms with Gasteiger partial charge in [-0.2, -0.15) is 5.10 Å². The lowest BCUT2D eigenvalue weighted by Crippen LogP contribution is -2.26. The van der Waals surface area contributed by atoms with E-state index in [-0.39, 0.29) is 0 Å². The summed E-state index contributed by atoms with van der Waals surface area (Å²) in [4.78, 5) is 0. The molecule has 60 valence electrons. The lowest BCUT2D eigenvalue weighted by atomic mass is 10.0. The fourth-order valence-electron chi connectivity index (χ4n) is 1.63. The van der Waals surface area contributed by atoms with E-state index in [1.54, 1.807) is 0 Å². The average molecular weight is 151 g/mol. The zero-order valence-electron chi connectivity index (χ0n) is 6.96. The summed E-state index contributed by atoms with van der Waals surface area (Å²) in [6.07, 6.45) is 3.17. The van der Waals surface area contributed by atoms with E-state index < -0.39 is 0 Å². The van der Waals surface area contributed by atoms with Crippen molar-refractivity contribution in [3.8, 4) is 0 Å². The van der Waals surface area contributed by atoms with Crippen LogP contribution < -0.4 is 5.32 Å². The molecule has 1 N–H and O–H groups in total. The fraction of sp³-hybridized carbons (Fsp3) is 0.625. The highest BCUT2D eigenvalue weighted by molar-refractivity contribution is 5.23. The first-order valence-electron chi connectivity index (χ1n) is 4.03. The Morgan fingerprint density at radius 3 is 3.27 bits per heavy atom. The Hall–Kier alpha value is -0.830. The number of fused-ring (bicyclic) bond motifs is 1. The molecule has 0 aliphatic carbocycles. The van der Waals surface area contributed by atoms with E-state index in [9.17, 15) is 0 Å². The van der Waals surface area contributed by atoms with Crippen LogP contribution in [0.4, 0.5) is 0 Å². The van der Waals surface area contributed by atoms with Crippen molar-refractivity contribution in [2.24, 2.45) is 7.05 Å². The van der Waals surface area contributed by atoms with Gasteiger partial charge in [-0.15, -0.1) is 0 Å². The second-order valence-electron chi connectivity index (χ2n) is 3.13. The molecule has 0 fully saturated rings. The van der Waals surface area contributed by atoms with E-state index in [1.807, 2.05) is 11.7 Å². The molecule has 0 saturated carbocycles. The van der Waals surface area contributed by atoms with Crippen molar-refractivity contribution in [3.63, 3.8) is 0 Å². The third-order valence-electron chi connectivity index (χ3n) is 2.22. The first-order valence-corrected chi connectivity index (χ1v) is 4.03. The number of nitrogens with one attached hydrogen (secondary N) is 1. The van der Waals surface area contributed by atoms with Gasteiger partial charge in [-0.05, 0) is 6.92 Å². The van der Waals surface area contributed by atoms with E-state index in [0.29, 0.717) is 6.04 Å². The maximum atomic E-state index is 4.38. The average Bonchev–Trinajstić information content (AvgIpc) is 2.31. The van der Waals surface area contributed by atoms with Crippen molar-refractivity contribution >= 4 is 0 Å². The molecule has 0 saturated heterocycles. The van der Waals surface area contributed by atoms with Crippen LogP contribution in [0.2, 0.25) is 0 Å². The molecule has 1 aliphatic heterocycles. The topological polar surface area (TPSA) is 29.9 Å². The zero-order valence-corrected chi connectivity index (χ0v) is 6.96. The Morgan fingerprint density at radius 2 is 2.55 bits per heavy atom. The number of hydrogen-bond acceptors (Lipinski definition) is 2. The Balaban J connectivity index is 2.43.